The maximum Gasteiger partial charge on any atom is 0.148 e. The average Bonchev–Trinajstić information content (AvgIpc) is 3.28. The van der Waals surface area contributed by atoms with E-state index in [1.807, 2.05) is 11.3 Å². The van der Waals surface area contributed by atoms with Crippen molar-refractivity contribution in [3.63, 3.8) is 0 Å². The van der Waals surface area contributed by atoms with Gasteiger partial charge >= 0.3 is 0 Å². The topological polar surface area (TPSA) is 46.4 Å². The fraction of sp³-hybridized carbons (Fsp3) is 0.278. The van der Waals surface area contributed by atoms with Crippen LogP contribution in [0.1, 0.15) is 5.01 Å². The number of piperazine rings is 1. The van der Waals surface area contributed by atoms with E-state index in [0.29, 0.717) is 0 Å². The Kier molecular flexibility index (Phi) is 3.84. The molecule has 1 N–H and O–H groups in total. The van der Waals surface area contributed by atoms with Gasteiger partial charge in [-0.1, -0.05) is 12.1 Å². The van der Waals surface area contributed by atoms with E-state index in [9.17, 15) is 0 Å². The van der Waals surface area contributed by atoms with Crippen molar-refractivity contribution in [1.82, 2.24) is 15.0 Å². The van der Waals surface area contributed by atoms with Crippen LogP contribution in [0.25, 0.3) is 20.4 Å². The molecule has 0 radical (unpaired) electrons. The third kappa shape index (κ3) is 2.88. The SMILES string of the molecule is c1ccc2sc(C[NH+]3CCN(c4ncnc5sccc45)CC3)nc2c1. The second kappa shape index (κ2) is 6.33. The van der Waals surface area contributed by atoms with Crippen LogP contribution in [0.15, 0.2) is 42.0 Å². The summed E-state index contributed by atoms with van der Waals surface area (Å²) in [6.07, 6.45) is 1.69. The Morgan fingerprint density at radius 2 is 1.96 bits per heavy atom. The van der Waals surface area contributed by atoms with Crippen molar-refractivity contribution in [2.24, 2.45) is 0 Å². The minimum atomic E-state index is 1.02. The van der Waals surface area contributed by atoms with E-state index in [1.54, 1.807) is 22.6 Å². The van der Waals surface area contributed by atoms with Gasteiger partial charge in [-0.05, 0) is 23.6 Å². The van der Waals surface area contributed by atoms with Gasteiger partial charge in [0.1, 0.15) is 28.5 Å². The third-order valence-electron chi connectivity index (χ3n) is 4.75. The largest absolute Gasteiger partial charge is 0.345 e. The molecule has 0 unspecified atom stereocenters. The molecule has 0 spiro atoms. The Labute approximate surface area is 153 Å². The van der Waals surface area contributed by atoms with Gasteiger partial charge in [-0.25, -0.2) is 15.0 Å². The number of benzene rings is 1. The first kappa shape index (κ1) is 15.2. The minimum Gasteiger partial charge on any atom is -0.345 e. The number of rotatable bonds is 3. The summed E-state index contributed by atoms with van der Waals surface area (Å²) in [7, 11) is 0. The molecule has 25 heavy (non-hydrogen) atoms. The van der Waals surface area contributed by atoms with Crippen molar-refractivity contribution in [1.29, 1.82) is 0 Å². The Bertz CT molecular complexity index is 983. The number of quaternary nitrogens is 1. The third-order valence-corrected chi connectivity index (χ3v) is 6.61. The molecule has 7 heteroatoms. The van der Waals surface area contributed by atoms with Gasteiger partial charge < -0.3 is 9.80 Å². The van der Waals surface area contributed by atoms with Gasteiger partial charge in [0, 0.05) is 0 Å². The van der Waals surface area contributed by atoms with Crippen molar-refractivity contribution in [3.8, 4) is 0 Å². The molecule has 0 amide bonds. The summed E-state index contributed by atoms with van der Waals surface area (Å²) in [6.45, 7) is 5.31. The standard InChI is InChI=1S/C18H17N5S2/c1-2-4-15-14(3-1)21-16(25-15)11-22-6-8-23(9-7-22)17-13-5-10-24-18(13)20-12-19-17/h1-5,10,12H,6-9,11H2/p+1. The maximum atomic E-state index is 4.78. The first-order valence-electron chi connectivity index (χ1n) is 8.48. The Morgan fingerprint density at radius 3 is 2.84 bits per heavy atom. The number of anilines is 1. The summed E-state index contributed by atoms with van der Waals surface area (Å²) in [5, 5.41) is 4.52. The molecule has 1 aliphatic rings. The van der Waals surface area contributed by atoms with E-state index < -0.39 is 0 Å². The average molecular weight is 369 g/mol. The number of thiophene rings is 1. The monoisotopic (exact) mass is 368 g/mol. The van der Waals surface area contributed by atoms with Crippen LogP contribution in [-0.2, 0) is 6.54 Å². The number of nitrogens with zero attached hydrogens (tertiary/aromatic N) is 4. The van der Waals surface area contributed by atoms with Crippen LogP contribution >= 0.6 is 22.7 Å². The first-order chi connectivity index (χ1) is 12.4. The number of aromatic nitrogens is 3. The number of para-hydroxylation sites is 1. The molecule has 4 aromatic rings. The van der Waals surface area contributed by atoms with Gasteiger partial charge in [-0.2, -0.15) is 0 Å². The van der Waals surface area contributed by atoms with Gasteiger partial charge in [-0.15, -0.1) is 22.7 Å². The number of fused-ring (bicyclic) bond motifs is 2. The van der Waals surface area contributed by atoms with E-state index in [2.05, 4.69) is 50.6 Å². The molecule has 1 fully saturated rings. The van der Waals surface area contributed by atoms with Crippen LogP contribution in [0.2, 0.25) is 0 Å². The smallest absolute Gasteiger partial charge is 0.148 e. The summed E-state index contributed by atoms with van der Waals surface area (Å²) in [5.41, 5.74) is 1.13. The second-order valence-electron chi connectivity index (χ2n) is 6.33. The van der Waals surface area contributed by atoms with E-state index in [1.165, 1.54) is 15.1 Å². The predicted molar refractivity (Wildman–Crippen MR) is 104 cm³/mol. The van der Waals surface area contributed by atoms with E-state index in [4.69, 9.17) is 4.98 Å². The zero-order chi connectivity index (χ0) is 16.6. The lowest BCUT2D eigenvalue weighted by Crippen LogP contribution is -3.13. The number of thiazole rings is 1. The fourth-order valence-electron chi connectivity index (χ4n) is 3.45. The fourth-order valence-corrected chi connectivity index (χ4v) is 5.22. The summed E-state index contributed by atoms with van der Waals surface area (Å²) in [5.74, 6) is 1.09. The molecule has 5 rings (SSSR count). The normalized spacial score (nSPS) is 16.1. The van der Waals surface area contributed by atoms with Gasteiger partial charge in [-0.3, -0.25) is 0 Å². The molecule has 0 bridgehead atoms. The zero-order valence-electron chi connectivity index (χ0n) is 13.7. The van der Waals surface area contributed by atoms with Crippen LogP contribution in [0.3, 0.4) is 0 Å². The van der Waals surface area contributed by atoms with E-state index in [-0.39, 0.29) is 0 Å². The Balaban J connectivity index is 1.29. The van der Waals surface area contributed by atoms with Gasteiger partial charge in [0.15, 0.2) is 0 Å². The van der Waals surface area contributed by atoms with Crippen molar-refractivity contribution in [2.75, 3.05) is 31.1 Å². The highest BCUT2D eigenvalue weighted by Gasteiger charge is 2.23. The lowest BCUT2D eigenvalue weighted by atomic mass is 10.2. The van der Waals surface area contributed by atoms with Crippen molar-refractivity contribution < 1.29 is 4.90 Å². The highest BCUT2D eigenvalue weighted by molar-refractivity contribution is 7.18. The summed E-state index contributed by atoms with van der Waals surface area (Å²) in [4.78, 5) is 18.8. The van der Waals surface area contributed by atoms with Gasteiger partial charge in [0.2, 0.25) is 0 Å². The molecule has 1 aromatic carbocycles. The molecule has 5 nitrogen and oxygen atoms in total. The summed E-state index contributed by atoms with van der Waals surface area (Å²) in [6, 6.07) is 10.5. The molecule has 3 aromatic heterocycles. The lowest BCUT2D eigenvalue weighted by Gasteiger charge is -2.32. The highest BCUT2D eigenvalue weighted by Crippen LogP contribution is 2.26. The molecule has 4 heterocycles. The van der Waals surface area contributed by atoms with Crippen LogP contribution in [0.5, 0.6) is 0 Å². The number of hydrogen-bond donors (Lipinski definition) is 1. The van der Waals surface area contributed by atoms with Crippen molar-refractivity contribution >= 4 is 48.9 Å². The molecule has 1 saturated heterocycles. The van der Waals surface area contributed by atoms with Gasteiger partial charge in [0.25, 0.3) is 0 Å². The Morgan fingerprint density at radius 1 is 1.08 bits per heavy atom. The molecule has 126 valence electrons. The summed E-state index contributed by atoms with van der Waals surface area (Å²) >= 11 is 3.51. The minimum absolute atomic E-state index is 1.02. The van der Waals surface area contributed by atoms with Crippen LogP contribution in [-0.4, -0.2) is 41.1 Å². The van der Waals surface area contributed by atoms with Gasteiger partial charge in [0.05, 0.1) is 41.8 Å². The van der Waals surface area contributed by atoms with E-state index in [0.717, 1.165) is 48.9 Å². The molecular weight excluding hydrogens is 350 g/mol. The number of hydrogen-bond acceptors (Lipinski definition) is 6. The predicted octanol–water partition coefficient (Wildman–Crippen LogP) is 2.21. The zero-order valence-corrected chi connectivity index (χ0v) is 15.3. The molecule has 1 aliphatic heterocycles. The number of nitrogens with one attached hydrogen (secondary N) is 1. The van der Waals surface area contributed by atoms with Crippen LogP contribution < -0.4 is 9.80 Å². The molecule has 0 saturated carbocycles. The summed E-state index contributed by atoms with van der Waals surface area (Å²) < 4.78 is 1.29. The highest BCUT2D eigenvalue weighted by atomic mass is 32.1. The molecule has 0 atom stereocenters. The maximum absolute atomic E-state index is 4.78. The van der Waals surface area contributed by atoms with Crippen molar-refractivity contribution in [2.45, 2.75) is 6.54 Å². The van der Waals surface area contributed by atoms with Crippen LogP contribution in [0.4, 0.5) is 5.82 Å². The van der Waals surface area contributed by atoms with Crippen LogP contribution in [0, 0.1) is 0 Å². The first-order valence-corrected chi connectivity index (χ1v) is 10.2. The molecular formula is C18H18N5S2+. The lowest BCUT2D eigenvalue weighted by molar-refractivity contribution is -0.914. The molecule has 0 aliphatic carbocycles. The Hall–Kier alpha value is -2.09. The van der Waals surface area contributed by atoms with Crippen molar-refractivity contribution in [3.05, 3.63) is 47.0 Å². The van der Waals surface area contributed by atoms with E-state index >= 15 is 0 Å². The second-order valence-corrected chi connectivity index (χ2v) is 8.34. The quantitative estimate of drug-likeness (QED) is 0.602.